The fraction of sp³-hybridized carbons (Fsp3) is 0.176. The van der Waals surface area contributed by atoms with E-state index >= 15 is 0 Å². The van der Waals surface area contributed by atoms with Crippen molar-refractivity contribution < 1.29 is 18.3 Å². The maximum absolute atomic E-state index is 13.1. The number of pyridine rings is 2. The summed E-state index contributed by atoms with van der Waals surface area (Å²) in [6, 6.07) is 10.9. The summed E-state index contributed by atoms with van der Waals surface area (Å²) in [7, 11) is 0. The third kappa shape index (κ3) is 2.90. The molecule has 0 spiro atoms. The van der Waals surface area contributed by atoms with Crippen LogP contribution in [0.1, 0.15) is 28.6 Å². The van der Waals surface area contributed by atoms with Crippen molar-refractivity contribution in [3.8, 4) is 0 Å². The molecule has 1 atom stereocenters. The van der Waals surface area contributed by atoms with E-state index < -0.39 is 18.0 Å². The fourth-order valence-electron chi connectivity index (χ4n) is 2.49. The highest BCUT2D eigenvalue weighted by molar-refractivity contribution is 5.85. The molecule has 0 bridgehead atoms. The molecule has 0 amide bonds. The Morgan fingerprint density at radius 2 is 1.87 bits per heavy atom. The molecule has 2 aromatic heterocycles. The minimum Gasteiger partial charge on any atom is -0.382 e. The number of aliphatic hydroxyl groups is 1. The first kappa shape index (κ1) is 15.4. The van der Waals surface area contributed by atoms with Crippen LogP contribution in [0.5, 0.6) is 0 Å². The Morgan fingerprint density at radius 3 is 2.52 bits per heavy atom. The number of fused-ring (bicyclic) bond motifs is 1. The first-order chi connectivity index (χ1) is 10.9. The predicted molar refractivity (Wildman–Crippen MR) is 79.8 cm³/mol. The lowest BCUT2D eigenvalue weighted by Crippen LogP contribution is -2.12. The molecule has 0 aliphatic heterocycles. The summed E-state index contributed by atoms with van der Waals surface area (Å²) in [6.45, 7) is 1.69. The van der Waals surface area contributed by atoms with Crippen LogP contribution in [0.2, 0.25) is 0 Å². The van der Waals surface area contributed by atoms with E-state index in [9.17, 15) is 18.3 Å². The normalized spacial score (nSPS) is 13.3. The van der Waals surface area contributed by atoms with Gasteiger partial charge in [-0.05, 0) is 36.2 Å². The van der Waals surface area contributed by atoms with Gasteiger partial charge in [-0.15, -0.1) is 0 Å². The molecule has 3 nitrogen and oxygen atoms in total. The van der Waals surface area contributed by atoms with Crippen molar-refractivity contribution in [2.24, 2.45) is 0 Å². The van der Waals surface area contributed by atoms with E-state index in [1.165, 1.54) is 6.20 Å². The van der Waals surface area contributed by atoms with Crippen molar-refractivity contribution in [3.63, 3.8) is 0 Å². The molecule has 118 valence electrons. The van der Waals surface area contributed by atoms with Crippen LogP contribution < -0.4 is 0 Å². The van der Waals surface area contributed by atoms with Crippen LogP contribution in [-0.2, 0) is 6.18 Å². The lowest BCUT2D eigenvalue weighted by Gasteiger charge is -2.16. The summed E-state index contributed by atoms with van der Waals surface area (Å²) < 4.78 is 39.4. The van der Waals surface area contributed by atoms with E-state index in [-0.39, 0.29) is 16.8 Å². The van der Waals surface area contributed by atoms with Gasteiger partial charge in [0.05, 0.1) is 11.2 Å². The van der Waals surface area contributed by atoms with Crippen LogP contribution in [0.25, 0.3) is 10.9 Å². The maximum Gasteiger partial charge on any atom is 0.433 e. The molecule has 3 aromatic rings. The number of hydrogen-bond acceptors (Lipinski definition) is 3. The fourth-order valence-corrected chi connectivity index (χ4v) is 2.49. The molecule has 0 aliphatic carbocycles. The zero-order valence-corrected chi connectivity index (χ0v) is 12.2. The number of halogens is 3. The molecule has 0 aliphatic rings. The van der Waals surface area contributed by atoms with E-state index in [2.05, 4.69) is 9.97 Å². The predicted octanol–water partition coefficient (Wildman–Crippen LogP) is 4.04. The number of aromatic nitrogens is 2. The molecule has 1 aromatic carbocycles. The number of aryl methyl sites for hydroxylation is 1. The van der Waals surface area contributed by atoms with Gasteiger partial charge in [-0.1, -0.05) is 24.3 Å². The Labute approximate surface area is 130 Å². The third-order valence-electron chi connectivity index (χ3n) is 3.63. The van der Waals surface area contributed by atoms with Crippen molar-refractivity contribution in [1.82, 2.24) is 9.97 Å². The number of alkyl halides is 3. The van der Waals surface area contributed by atoms with E-state index in [1.54, 1.807) is 43.3 Å². The van der Waals surface area contributed by atoms with Crippen molar-refractivity contribution >= 4 is 10.9 Å². The quantitative estimate of drug-likeness (QED) is 0.776. The van der Waals surface area contributed by atoms with E-state index in [0.717, 1.165) is 6.07 Å². The van der Waals surface area contributed by atoms with E-state index in [1.807, 2.05) is 0 Å². The molecular weight excluding hydrogens is 305 g/mol. The van der Waals surface area contributed by atoms with Gasteiger partial charge in [0, 0.05) is 11.6 Å². The van der Waals surface area contributed by atoms with E-state index in [0.29, 0.717) is 10.9 Å². The van der Waals surface area contributed by atoms with Gasteiger partial charge in [-0.3, -0.25) is 4.98 Å². The second kappa shape index (κ2) is 5.62. The molecule has 2 heterocycles. The summed E-state index contributed by atoms with van der Waals surface area (Å²) in [5, 5.41) is 11.0. The Morgan fingerprint density at radius 1 is 1.09 bits per heavy atom. The van der Waals surface area contributed by atoms with Gasteiger partial charge < -0.3 is 5.11 Å². The van der Waals surface area contributed by atoms with Gasteiger partial charge in [-0.2, -0.15) is 13.2 Å². The van der Waals surface area contributed by atoms with Gasteiger partial charge in [0.1, 0.15) is 11.8 Å². The number of hydrogen-bond donors (Lipinski definition) is 1. The summed E-state index contributed by atoms with van der Waals surface area (Å²) in [5.74, 6) is 0. The molecule has 0 saturated heterocycles. The van der Waals surface area contributed by atoms with Crippen molar-refractivity contribution in [3.05, 3.63) is 71.2 Å². The molecule has 3 rings (SSSR count). The Balaban J connectivity index is 2.28. The summed E-state index contributed by atoms with van der Waals surface area (Å²) >= 11 is 0. The highest BCUT2D eigenvalue weighted by Gasteiger charge is 2.34. The molecule has 1 unspecified atom stereocenters. The van der Waals surface area contributed by atoms with Crippen LogP contribution in [0.4, 0.5) is 13.2 Å². The SMILES string of the molecule is Cc1cccc2c(C(O)c3ccccn3)cc(C(F)(F)F)nc12. The summed E-state index contributed by atoms with van der Waals surface area (Å²) in [5.41, 5.74) is 0.249. The maximum atomic E-state index is 13.1. The summed E-state index contributed by atoms with van der Waals surface area (Å²) in [6.07, 6.45) is -4.36. The number of rotatable bonds is 2. The second-order valence-electron chi connectivity index (χ2n) is 5.22. The zero-order valence-electron chi connectivity index (χ0n) is 12.2. The molecule has 0 saturated carbocycles. The Kier molecular flexibility index (Phi) is 3.77. The first-order valence-electron chi connectivity index (χ1n) is 6.94. The molecule has 0 fully saturated rings. The van der Waals surface area contributed by atoms with Crippen LogP contribution in [0.15, 0.2) is 48.7 Å². The topological polar surface area (TPSA) is 46.0 Å². The van der Waals surface area contributed by atoms with E-state index in [4.69, 9.17) is 0 Å². The number of nitrogens with zero attached hydrogens (tertiary/aromatic N) is 2. The lowest BCUT2D eigenvalue weighted by molar-refractivity contribution is -0.141. The lowest BCUT2D eigenvalue weighted by atomic mass is 9.98. The van der Waals surface area contributed by atoms with Crippen molar-refractivity contribution in [2.45, 2.75) is 19.2 Å². The Bertz CT molecular complexity index is 848. The average molecular weight is 318 g/mol. The van der Waals surface area contributed by atoms with Crippen molar-refractivity contribution in [2.75, 3.05) is 0 Å². The van der Waals surface area contributed by atoms with Gasteiger partial charge in [0.15, 0.2) is 0 Å². The number of benzene rings is 1. The monoisotopic (exact) mass is 318 g/mol. The zero-order chi connectivity index (χ0) is 16.6. The van der Waals surface area contributed by atoms with Crippen LogP contribution in [0.3, 0.4) is 0 Å². The first-order valence-corrected chi connectivity index (χ1v) is 6.94. The molecule has 23 heavy (non-hydrogen) atoms. The van der Waals surface area contributed by atoms with Gasteiger partial charge in [0.25, 0.3) is 0 Å². The average Bonchev–Trinajstić information content (AvgIpc) is 2.54. The molecule has 6 heteroatoms. The van der Waals surface area contributed by atoms with Crippen LogP contribution in [-0.4, -0.2) is 15.1 Å². The third-order valence-corrected chi connectivity index (χ3v) is 3.63. The highest BCUT2D eigenvalue weighted by atomic mass is 19.4. The second-order valence-corrected chi connectivity index (χ2v) is 5.22. The van der Waals surface area contributed by atoms with Crippen molar-refractivity contribution in [1.29, 1.82) is 0 Å². The van der Waals surface area contributed by atoms with Crippen LogP contribution in [0, 0.1) is 6.92 Å². The number of para-hydroxylation sites is 1. The molecule has 1 N–H and O–H groups in total. The minimum atomic E-state index is -4.59. The smallest absolute Gasteiger partial charge is 0.382 e. The minimum absolute atomic E-state index is 0.143. The molecular formula is C17H13F3N2O. The van der Waals surface area contributed by atoms with Crippen LogP contribution >= 0.6 is 0 Å². The van der Waals surface area contributed by atoms with Gasteiger partial charge in [-0.25, -0.2) is 4.98 Å². The highest BCUT2D eigenvalue weighted by Crippen LogP contribution is 2.35. The molecule has 0 radical (unpaired) electrons. The summed E-state index contributed by atoms with van der Waals surface area (Å²) in [4.78, 5) is 7.75. The standard InChI is InChI=1S/C17H13F3N2O/c1-10-5-4-6-11-12(16(23)13-7-2-3-8-21-13)9-14(17(18,19)20)22-15(10)11/h2-9,16,23H,1H3. The number of aliphatic hydroxyl groups excluding tert-OH is 1. The van der Waals surface area contributed by atoms with Gasteiger partial charge >= 0.3 is 6.18 Å². The Hall–Kier alpha value is -2.47. The largest absolute Gasteiger partial charge is 0.433 e. The van der Waals surface area contributed by atoms with Gasteiger partial charge in [0.2, 0.25) is 0 Å².